The van der Waals surface area contributed by atoms with E-state index in [0.29, 0.717) is 0 Å². The summed E-state index contributed by atoms with van der Waals surface area (Å²) in [6.45, 7) is 5.19. The lowest BCUT2D eigenvalue weighted by Gasteiger charge is -2.10. The molecule has 0 spiro atoms. The van der Waals surface area contributed by atoms with Crippen molar-refractivity contribution in [3.63, 3.8) is 0 Å². The fourth-order valence-electron chi connectivity index (χ4n) is 2.16. The highest BCUT2D eigenvalue weighted by Crippen LogP contribution is 2.10. The van der Waals surface area contributed by atoms with E-state index in [1.165, 1.54) is 0 Å². The number of hydrogen-bond donors (Lipinski definition) is 3. The summed E-state index contributed by atoms with van der Waals surface area (Å²) in [7, 11) is 1.71. The number of methoxy groups -OCH3 is 1. The number of H-pyrrole nitrogens is 1. The maximum absolute atomic E-state index is 5.03. The summed E-state index contributed by atoms with van der Waals surface area (Å²) in [6, 6.07) is 8.07. The largest absolute Gasteiger partial charge is 0.385 e. The third kappa shape index (κ3) is 5.04. The average Bonchev–Trinajstić information content (AvgIpc) is 2.94. The molecule has 3 N–H and O–H groups in total. The van der Waals surface area contributed by atoms with Crippen molar-refractivity contribution in [2.75, 3.05) is 33.4 Å². The Morgan fingerprint density at radius 2 is 2.18 bits per heavy atom. The first-order valence-corrected chi connectivity index (χ1v) is 7.78. The van der Waals surface area contributed by atoms with Gasteiger partial charge in [0.05, 0.1) is 11.0 Å². The molecule has 0 fully saturated rings. The summed E-state index contributed by atoms with van der Waals surface area (Å²) >= 11 is 0. The summed E-state index contributed by atoms with van der Waals surface area (Å²) in [6.07, 6.45) is 1.76. The molecular formula is C16H25N5O. The summed E-state index contributed by atoms with van der Waals surface area (Å²) < 4.78 is 5.03. The van der Waals surface area contributed by atoms with Crippen LogP contribution in [-0.2, 0) is 11.2 Å². The molecule has 6 nitrogen and oxygen atoms in total. The minimum Gasteiger partial charge on any atom is -0.385 e. The van der Waals surface area contributed by atoms with Crippen LogP contribution in [0.2, 0.25) is 0 Å². The Morgan fingerprint density at radius 3 is 2.95 bits per heavy atom. The monoisotopic (exact) mass is 303 g/mol. The van der Waals surface area contributed by atoms with Crippen LogP contribution in [0.3, 0.4) is 0 Å². The Hall–Kier alpha value is -2.08. The van der Waals surface area contributed by atoms with Crippen molar-refractivity contribution in [3.8, 4) is 0 Å². The molecule has 0 unspecified atom stereocenters. The molecule has 0 saturated heterocycles. The van der Waals surface area contributed by atoms with Crippen molar-refractivity contribution in [1.29, 1.82) is 0 Å². The summed E-state index contributed by atoms with van der Waals surface area (Å²) in [4.78, 5) is 12.4. The summed E-state index contributed by atoms with van der Waals surface area (Å²) in [5, 5.41) is 6.57. The number of ether oxygens (including phenoxy) is 1. The lowest BCUT2D eigenvalue weighted by molar-refractivity contribution is 0.197. The topological polar surface area (TPSA) is 74.3 Å². The number of nitrogens with zero attached hydrogens (tertiary/aromatic N) is 2. The van der Waals surface area contributed by atoms with Gasteiger partial charge in [-0.2, -0.15) is 0 Å². The highest BCUT2D eigenvalue weighted by molar-refractivity contribution is 5.79. The van der Waals surface area contributed by atoms with E-state index >= 15 is 0 Å². The number of para-hydroxylation sites is 2. The number of hydrogen-bond acceptors (Lipinski definition) is 3. The third-order valence-electron chi connectivity index (χ3n) is 3.21. The molecule has 22 heavy (non-hydrogen) atoms. The molecule has 2 aromatic rings. The Balaban J connectivity index is 1.81. The second kappa shape index (κ2) is 9.04. The predicted octanol–water partition coefficient (Wildman–Crippen LogP) is 1.70. The molecule has 0 atom stereocenters. The third-order valence-corrected chi connectivity index (χ3v) is 3.21. The van der Waals surface area contributed by atoms with Crippen molar-refractivity contribution in [2.45, 2.75) is 19.8 Å². The van der Waals surface area contributed by atoms with Crippen molar-refractivity contribution < 1.29 is 4.74 Å². The first-order chi connectivity index (χ1) is 10.8. The minimum absolute atomic E-state index is 0.738. The molecule has 0 bridgehead atoms. The Bertz CT molecular complexity index is 560. The van der Waals surface area contributed by atoms with Crippen LogP contribution in [0.1, 0.15) is 19.2 Å². The van der Waals surface area contributed by atoms with E-state index in [0.717, 1.165) is 61.9 Å². The van der Waals surface area contributed by atoms with Crippen LogP contribution in [-0.4, -0.2) is 49.3 Å². The van der Waals surface area contributed by atoms with Gasteiger partial charge in [0.1, 0.15) is 5.82 Å². The number of benzene rings is 1. The molecule has 1 aromatic heterocycles. The van der Waals surface area contributed by atoms with Crippen LogP contribution < -0.4 is 10.6 Å². The SMILES string of the molecule is CCNC(=NCCCOC)NCCc1nc2ccccc2[nH]1. The number of aliphatic imine (C=N–C) groups is 1. The molecule has 0 radical (unpaired) electrons. The van der Waals surface area contributed by atoms with E-state index in [2.05, 4.69) is 32.5 Å². The van der Waals surface area contributed by atoms with Gasteiger partial charge in [-0.15, -0.1) is 0 Å². The zero-order valence-electron chi connectivity index (χ0n) is 13.4. The fraction of sp³-hybridized carbons (Fsp3) is 0.500. The Labute approximate surface area is 131 Å². The van der Waals surface area contributed by atoms with Gasteiger partial charge in [0.2, 0.25) is 0 Å². The van der Waals surface area contributed by atoms with Gasteiger partial charge in [0, 0.05) is 39.8 Å². The van der Waals surface area contributed by atoms with E-state index in [1.807, 2.05) is 24.3 Å². The lowest BCUT2D eigenvalue weighted by Crippen LogP contribution is -2.38. The van der Waals surface area contributed by atoms with Crippen LogP contribution in [0.25, 0.3) is 11.0 Å². The zero-order chi connectivity index (χ0) is 15.6. The molecule has 1 aromatic carbocycles. The summed E-state index contributed by atoms with van der Waals surface area (Å²) in [5.41, 5.74) is 2.09. The maximum atomic E-state index is 5.03. The Morgan fingerprint density at radius 1 is 1.32 bits per heavy atom. The van der Waals surface area contributed by atoms with Gasteiger partial charge < -0.3 is 20.4 Å². The van der Waals surface area contributed by atoms with Crippen molar-refractivity contribution in [1.82, 2.24) is 20.6 Å². The van der Waals surface area contributed by atoms with Gasteiger partial charge in [-0.05, 0) is 25.5 Å². The molecular weight excluding hydrogens is 278 g/mol. The molecule has 0 aliphatic heterocycles. The first kappa shape index (κ1) is 16.3. The van der Waals surface area contributed by atoms with Crippen molar-refractivity contribution in [3.05, 3.63) is 30.1 Å². The quantitative estimate of drug-likeness (QED) is 0.394. The number of guanidine groups is 1. The van der Waals surface area contributed by atoms with Crippen LogP contribution in [0.5, 0.6) is 0 Å². The van der Waals surface area contributed by atoms with Gasteiger partial charge in [0.25, 0.3) is 0 Å². The van der Waals surface area contributed by atoms with Crippen LogP contribution in [0.15, 0.2) is 29.3 Å². The normalized spacial score (nSPS) is 11.8. The molecule has 0 aliphatic rings. The number of aromatic amines is 1. The number of imidazole rings is 1. The van der Waals surface area contributed by atoms with Crippen molar-refractivity contribution in [2.24, 2.45) is 4.99 Å². The van der Waals surface area contributed by atoms with Crippen LogP contribution >= 0.6 is 0 Å². The highest BCUT2D eigenvalue weighted by atomic mass is 16.5. The molecule has 1 heterocycles. The standard InChI is InChI=1S/C16H25N5O/c1-3-17-16(18-10-6-12-22-2)19-11-9-15-20-13-7-4-5-8-14(13)21-15/h4-5,7-8H,3,6,9-12H2,1-2H3,(H,20,21)(H2,17,18,19). The minimum atomic E-state index is 0.738. The van der Waals surface area contributed by atoms with Gasteiger partial charge in [-0.1, -0.05) is 12.1 Å². The zero-order valence-corrected chi connectivity index (χ0v) is 13.4. The molecule has 0 saturated carbocycles. The number of nitrogens with one attached hydrogen (secondary N) is 3. The number of aromatic nitrogens is 2. The van der Waals surface area contributed by atoms with Gasteiger partial charge in [-0.25, -0.2) is 4.98 Å². The number of fused-ring (bicyclic) bond motifs is 1. The maximum Gasteiger partial charge on any atom is 0.191 e. The molecule has 120 valence electrons. The van der Waals surface area contributed by atoms with E-state index < -0.39 is 0 Å². The lowest BCUT2D eigenvalue weighted by atomic mass is 10.3. The summed E-state index contributed by atoms with van der Waals surface area (Å²) in [5.74, 6) is 1.83. The van der Waals surface area contributed by atoms with E-state index in [9.17, 15) is 0 Å². The fourth-order valence-corrected chi connectivity index (χ4v) is 2.16. The molecule has 2 rings (SSSR count). The van der Waals surface area contributed by atoms with Crippen LogP contribution in [0.4, 0.5) is 0 Å². The van der Waals surface area contributed by atoms with Gasteiger partial charge >= 0.3 is 0 Å². The Kier molecular flexibility index (Phi) is 6.70. The highest BCUT2D eigenvalue weighted by Gasteiger charge is 2.02. The van der Waals surface area contributed by atoms with E-state index in [4.69, 9.17) is 4.74 Å². The smallest absolute Gasteiger partial charge is 0.191 e. The number of rotatable bonds is 8. The second-order valence-electron chi connectivity index (χ2n) is 4.98. The van der Waals surface area contributed by atoms with Gasteiger partial charge in [0.15, 0.2) is 5.96 Å². The average molecular weight is 303 g/mol. The van der Waals surface area contributed by atoms with Gasteiger partial charge in [-0.3, -0.25) is 4.99 Å². The first-order valence-electron chi connectivity index (χ1n) is 7.78. The van der Waals surface area contributed by atoms with E-state index in [1.54, 1.807) is 7.11 Å². The second-order valence-corrected chi connectivity index (χ2v) is 4.98. The molecule has 0 amide bonds. The van der Waals surface area contributed by atoms with E-state index in [-0.39, 0.29) is 0 Å². The molecule has 0 aliphatic carbocycles. The van der Waals surface area contributed by atoms with Crippen LogP contribution in [0, 0.1) is 0 Å². The molecule has 6 heteroatoms. The predicted molar refractivity (Wildman–Crippen MR) is 90.3 cm³/mol. The van der Waals surface area contributed by atoms with Crippen molar-refractivity contribution >= 4 is 17.0 Å².